The molecule has 3 rings (SSSR count). The number of hydrogen-bond donors (Lipinski definition) is 3. The van der Waals surface area contributed by atoms with Crippen molar-refractivity contribution in [2.45, 2.75) is 25.9 Å². The van der Waals surface area contributed by atoms with E-state index in [1.54, 1.807) is 17.5 Å². The van der Waals surface area contributed by atoms with Gasteiger partial charge in [0.05, 0.1) is 17.6 Å². The quantitative estimate of drug-likeness (QED) is 0.674. The highest BCUT2D eigenvalue weighted by Crippen LogP contribution is 2.18. The zero-order chi connectivity index (χ0) is 15.5. The highest BCUT2D eigenvalue weighted by atomic mass is 32.1. The molecule has 0 radical (unpaired) electrons. The van der Waals surface area contributed by atoms with Gasteiger partial charge in [-0.15, -0.1) is 11.3 Å². The fourth-order valence-electron chi connectivity index (χ4n) is 2.42. The number of benzene rings is 1. The second-order valence-electron chi connectivity index (χ2n) is 5.23. The summed E-state index contributed by atoms with van der Waals surface area (Å²) in [6.07, 6.45) is 4.22. The largest absolute Gasteiger partial charge is 0.361 e. The number of nitrogens with zero attached hydrogens (tertiary/aromatic N) is 1. The predicted molar refractivity (Wildman–Crippen MR) is 88.7 cm³/mol. The minimum absolute atomic E-state index is 0.142. The molecule has 0 saturated carbocycles. The minimum atomic E-state index is -0.562. The van der Waals surface area contributed by atoms with Gasteiger partial charge in [0.2, 0.25) is 5.91 Å². The van der Waals surface area contributed by atoms with Gasteiger partial charge in [-0.3, -0.25) is 4.79 Å². The third kappa shape index (κ3) is 3.18. The van der Waals surface area contributed by atoms with Gasteiger partial charge in [0.15, 0.2) is 0 Å². The average molecular weight is 314 g/mol. The van der Waals surface area contributed by atoms with E-state index in [0.717, 1.165) is 26.4 Å². The molecule has 0 aliphatic heterocycles. The van der Waals surface area contributed by atoms with Crippen molar-refractivity contribution >= 4 is 28.1 Å². The molecule has 0 unspecified atom stereocenters. The summed E-state index contributed by atoms with van der Waals surface area (Å²) in [5, 5.41) is 4.98. The molecule has 1 atom stereocenters. The van der Waals surface area contributed by atoms with E-state index in [-0.39, 0.29) is 5.91 Å². The van der Waals surface area contributed by atoms with Crippen LogP contribution >= 0.6 is 11.3 Å². The summed E-state index contributed by atoms with van der Waals surface area (Å²) in [6.45, 7) is 2.42. The Morgan fingerprint density at radius 2 is 2.27 bits per heavy atom. The van der Waals surface area contributed by atoms with Crippen LogP contribution < -0.4 is 11.1 Å². The standard InChI is InChI=1S/C16H18N4OS/c1-10-18-8-12(22-10)9-20-16(21)14(17)6-11-7-19-15-5-3-2-4-13(11)15/h2-5,7-8,14,19H,6,9,17H2,1H3,(H,20,21)/t14-/m0/s1. The van der Waals surface area contributed by atoms with Crippen LogP contribution in [0.3, 0.4) is 0 Å². The lowest BCUT2D eigenvalue weighted by atomic mass is 10.1. The molecule has 5 nitrogen and oxygen atoms in total. The van der Waals surface area contributed by atoms with Crippen LogP contribution in [0, 0.1) is 6.92 Å². The molecule has 6 heteroatoms. The summed E-state index contributed by atoms with van der Waals surface area (Å²) in [7, 11) is 0. The molecule has 0 spiro atoms. The van der Waals surface area contributed by atoms with Crippen LogP contribution in [0.1, 0.15) is 15.4 Å². The topological polar surface area (TPSA) is 83.8 Å². The SMILES string of the molecule is Cc1ncc(CNC(=O)[C@@H](N)Cc2c[nH]c3ccccc23)s1. The highest BCUT2D eigenvalue weighted by molar-refractivity contribution is 7.11. The average Bonchev–Trinajstić information content (AvgIpc) is 3.12. The Morgan fingerprint density at radius 3 is 3.05 bits per heavy atom. The van der Waals surface area contributed by atoms with E-state index >= 15 is 0 Å². The summed E-state index contributed by atoms with van der Waals surface area (Å²) in [6, 6.07) is 7.44. The van der Waals surface area contributed by atoms with Crippen LogP contribution in [0.25, 0.3) is 10.9 Å². The van der Waals surface area contributed by atoms with Crippen molar-refractivity contribution in [3.05, 3.63) is 52.1 Å². The molecule has 0 aliphatic rings. The molecule has 1 amide bonds. The van der Waals surface area contributed by atoms with Crippen molar-refractivity contribution in [2.24, 2.45) is 5.73 Å². The molecule has 4 N–H and O–H groups in total. The Morgan fingerprint density at radius 1 is 1.45 bits per heavy atom. The predicted octanol–water partition coefficient (Wildman–Crippen LogP) is 2.12. The van der Waals surface area contributed by atoms with Gasteiger partial charge in [-0.25, -0.2) is 4.98 Å². The molecule has 2 heterocycles. The summed E-state index contributed by atoms with van der Waals surface area (Å²) in [4.78, 5) is 20.5. The zero-order valence-electron chi connectivity index (χ0n) is 12.3. The van der Waals surface area contributed by atoms with Crippen molar-refractivity contribution in [3.63, 3.8) is 0 Å². The van der Waals surface area contributed by atoms with Gasteiger partial charge in [0, 0.05) is 28.2 Å². The number of hydrogen-bond acceptors (Lipinski definition) is 4. The number of carbonyl (C=O) groups is 1. The second-order valence-corrected chi connectivity index (χ2v) is 6.55. The van der Waals surface area contributed by atoms with Crippen LogP contribution in [0.2, 0.25) is 0 Å². The number of amides is 1. The maximum atomic E-state index is 12.1. The lowest BCUT2D eigenvalue weighted by Crippen LogP contribution is -2.41. The number of nitrogens with one attached hydrogen (secondary N) is 2. The number of aromatic amines is 1. The fourth-order valence-corrected chi connectivity index (χ4v) is 3.16. The molecule has 22 heavy (non-hydrogen) atoms. The van der Waals surface area contributed by atoms with Crippen molar-refractivity contribution < 1.29 is 4.79 Å². The number of fused-ring (bicyclic) bond motifs is 1. The van der Waals surface area contributed by atoms with E-state index in [1.807, 2.05) is 37.4 Å². The lowest BCUT2D eigenvalue weighted by molar-refractivity contribution is -0.122. The van der Waals surface area contributed by atoms with Gasteiger partial charge in [0.25, 0.3) is 0 Å². The van der Waals surface area contributed by atoms with E-state index < -0.39 is 6.04 Å². The number of carbonyl (C=O) groups excluding carboxylic acids is 1. The first-order valence-corrected chi connectivity index (χ1v) is 7.94. The first kappa shape index (κ1) is 14.7. The number of aromatic nitrogens is 2. The molecule has 1 aromatic carbocycles. The Hall–Kier alpha value is -2.18. The van der Waals surface area contributed by atoms with Crippen LogP contribution in [0.5, 0.6) is 0 Å². The van der Waals surface area contributed by atoms with Crippen LogP contribution in [0.4, 0.5) is 0 Å². The minimum Gasteiger partial charge on any atom is -0.361 e. The summed E-state index contributed by atoms with van der Waals surface area (Å²) in [5.74, 6) is -0.142. The van der Waals surface area contributed by atoms with Crippen molar-refractivity contribution in [1.29, 1.82) is 0 Å². The molecular formula is C16H18N4OS. The van der Waals surface area contributed by atoms with E-state index in [2.05, 4.69) is 15.3 Å². The third-order valence-electron chi connectivity index (χ3n) is 3.56. The van der Waals surface area contributed by atoms with Crippen LogP contribution in [-0.4, -0.2) is 21.9 Å². The molecule has 2 aromatic heterocycles. The van der Waals surface area contributed by atoms with Gasteiger partial charge in [-0.2, -0.15) is 0 Å². The Labute approximate surface area is 132 Å². The number of para-hydroxylation sites is 1. The van der Waals surface area contributed by atoms with Gasteiger partial charge in [-0.05, 0) is 25.0 Å². The van der Waals surface area contributed by atoms with Gasteiger partial charge in [0.1, 0.15) is 0 Å². The fraction of sp³-hybridized carbons (Fsp3) is 0.250. The molecule has 114 valence electrons. The Kier molecular flexibility index (Phi) is 4.22. The number of thiazole rings is 1. The maximum Gasteiger partial charge on any atom is 0.237 e. The van der Waals surface area contributed by atoms with E-state index in [0.29, 0.717) is 13.0 Å². The Balaban J connectivity index is 1.61. The van der Waals surface area contributed by atoms with Gasteiger partial charge >= 0.3 is 0 Å². The van der Waals surface area contributed by atoms with E-state index in [4.69, 9.17) is 5.73 Å². The number of rotatable bonds is 5. The summed E-state index contributed by atoms with van der Waals surface area (Å²) >= 11 is 1.58. The molecule has 0 aliphatic carbocycles. The number of nitrogens with two attached hydrogens (primary N) is 1. The molecule has 0 saturated heterocycles. The van der Waals surface area contributed by atoms with Gasteiger partial charge < -0.3 is 16.0 Å². The first-order valence-electron chi connectivity index (χ1n) is 7.13. The molecule has 0 bridgehead atoms. The van der Waals surface area contributed by atoms with Crippen molar-refractivity contribution in [3.8, 4) is 0 Å². The Bertz CT molecular complexity index is 792. The van der Waals surface area contributed by atoms with Crippen LogP contribution in [0.15, 0.2) is 36.7 Å². The van der Waals surface area contributed by atoms with E-state index in [9.17, 15) is 4.79 Å². The zero-order valence-corrected chi connectivity index (χ0v) is 13.1. The lowest BCUT2D eigenvalue weighted by Gasteiger charge is -2.11. The number of H-pyrrole nitrogens is 1. The van der Waals surface area contributed by atoms with Crippen LogP contribution in [-0.2, 0) is 17.8 Å². The monoisotopic (exact) mass is 314 g/mol. The molecular weight excluding hydrogens is 296 g/mol. The first-order chi connectivity index (χ1) is 10.6. The smallest absolute Gasteiger partial charge is 0.237 e. The highest BCUT2D eigenvalue weighted by Gasteiger charge is 2.16. The number of aryl methyl sites for hydroxylation is 1. The third-order valence-corrected chi connectivity index (χ3v) is 4.47. The normalized spacial score (nSPS) is 12.5. The van der Waals surface area contributed by atoms with Crippen molar-refractivity contribution in [2.75, 3.05) is 0 Å². The molecule has 0 fully saturated rings. The second kappa shape index (κ2) is 6.29. The van der Waals surface area contributed by atoms with Crippen molar-refractivity contribution in [1.82, 2.24) is 15.3 Å². The summed E-state index contributed by atoms with van der Waals surface area (Å²) < 4.78 is 0. The van der Waals surface area contributed by atoms with E-state index in [1.165, 1.54) is 0 Å². The summed E-state index contributed by atoms with van der Waals surface area (Å²) in [5.41, 5.74) is 8.15. The molecule has 3 aromatic rings. The van der Waals surface area contributed by atoms with Gasteiger partial charge in [-0.1, -0.05) is 18.2 Å². The maximum absolute atomic E-state index is 12.1.